The highest BCUT2D eigenvalue weighted by molar-refractivity contribution is 5.88. The lowest BCUT2D eigenvalue weighted by molar-refractivity contribution is 0.436. The third-order valence-corrected chi connectivity index (χ3v) is 3.12. The molecule has 0 fully saturated rings. The summed E-state index contributed by atoms with van der Waals surface area (Å²) in [6.45, 7) is 0. The molecule has 0 radical (unpaired) electrons. The Morgan fingerprint density at radius 2 is 1.74 bits per heavy atom. The van der Waals surface area contributed by atoms with Gasteiger partial charge in [-0.1, -0.05) is 35.5 Å². The van der Waals surface area contributed by atoms with Gasteiger partial charge in [-0.15, -0.1) is 0 Å². The van der Waals surface area contributed by atoms with Crippen molar-refractivity contribution >= 4 is 11.1 Å². The fourth-order valence-corrected chi connectivity index (χ4v) is 2.06. The molecule has 2 aromatic heterocycles. The molecule has 0 spiro atoms. The Balaban J connectivity index is 2.49. The highest BCUT2D eigenvalue weighted by Gasteiger charge is 2.18. The molecule has 19 heavy (non-hydrogen) atoms. The van der Waals surface area contributed by atoms with Crippen molar-refractivity contribution in [1.82, 2.24) is 14.3 Å². The van der Waals surface area contributed by atoms with Crippen molar-refractivity contribution in [3.8, 4) is 11.3 Å². The molecule has 0 unspecified atom stereocenters. The number of benzene rings is 1. The maximum absolute atomic E-state index is 12.2. The molecule has 6 heteroatoms. The number of hydrogen-bond donors (Lipinski definition) is 0. The molecule has 96 valence electrons. The molecule has 0 bridgehead atoms. The van der Waals surface area contributed by atoms with E-state index in [4.69, 9.17) is 4.52 Å². The lowest BCUT2D eigenvalue weighted by atomic mass is 10.1. The summed E-state index contributed by atoms with van der Waals surface area (Å²) in [5, 5.41) is 4.24. The molecular weight excluding hydrogens is 246 g/mol. The average molecular weight is 257 g/mol. The second-order valence-corrected chi connectivity index (χ2v) is 4.28. The number of rotatable bonds is 1. The van der Waals surface area contributed by atoms with E-state index in [1.54, 1.807) is 7.05 Å². The summed E-state index contributed by atoms with van der Waals surface area (Å²) >= 11 is 0. The zero-order valence-electron chi connectivity index (χ0n) is 10.5. The summed E-state index contributed by atoms with van der Waals surface area (Å²) in [5.74, 6) is 0. The van der Waals surface area contributed by atoms with E-state index in [1.807, 2.05) is 30.3 Å². The lowest BCUT2D eigenvalue weighted by Gasteiger charge is -2.01. The van der Waals surface area contributed by atoms with Crippen LogP contribution in [0.3, 0.4) is 0 Å². The van der Waals surface area contributed by atoms with Crippen LogP contribution in [0, 0.1) is 0 Å². The smallest absolute Gasteiger partial charge is 0.333 e. The van der Waals surface area contributed by atoms with Gasteiger partial charge in [-0.2, -0.15) is 0 Å². The maximum atomic E-state index is 12.2. The van der Waals surface area contributed by atoms with Gasteiger partial charge in [0.15, 0.2) is 0 Å². The molecule has 0 saturated carbocycles. The van der Waals surface area contributed by atoms with Crippen molar-refractivity contribution < 1.29 is 4.52 Å². The van der Waals surface area contributed by atoms with Crippen LogP contribution in [0.15, 0.2) is 44.4 Å². The normalized spacial score (nSPS) is 11.1. The van der Waals surface area contributed by atoms with Crippen molar-refractivity contribution in [3.05, 3.63) is 51.2 Å². The van der Waals surface area contributed by atoms with Crippen LogP contribution in [0.1, 0.15) is 0 Å². The molecular formula is C13H11N3O3. The van der Waals surface area contributed by atoms with Gasteiger partial charge in [-0.25, -0.2) is 4.79 Å². The minimum Gasteiger partial charge on any atom is -0.337 e. The molecule has 0 saturated heterocycles. The minimum atomic E-state index is -0.437. The number of aryl methyl sites for hydroxylation is 1. The van der Waals surface area contributed by atoms with E-state index in [0.717, 1.165) is 10.1 Å². The second-order valence-electron chi connectivity index (χ2n) is 4.28. The number of nitrogens with zero attached hydrogens (tertiary/aromatic N) is 3. The summed E-state index contributed by atoms with van der Waals surface area (Å²) in [6, 6.07) is 9.24. The van der Waals surface area contributed by atoms with Gasteiger partial charge in [0, 0.05) is 19.7 Å². The van der Waals surface area contributed by atoms with Crippen molar-refractivity contribution in [2.45, 2.75) is 0 Å². The second kappa shape index (κ2) is 3.94. The first-order valence-corrected chi connectivity index (χ1v) is 5.72. The fourth-order valence-electron chi connectivity index (χ4n) is 2.06. The Morgan fingerprint density at radius 3 is 2.42 bits per heavy atom. The van der Waals surface area contributed by atoms with E-state index >= 15 is 0 Å². The topological polar surface area (TPSA) is 70.0 Å². The van der Waals surface area contributed by atoms with Crippen molar-refractivity contribution in [2.24, 2.45) is 14.1 Å². The van der Waals surface area contributed by atoms with Crippen molar-refractivity contribution in [1.29, 1.82) is 0 Å². The number of aromatic nitrogens is 3. The number of hydrogen-bond acceptors (Lipinski definition) is 4. The largest absolute Gasteiger partial charge is 0.337 e. The van der Waals surface area contributed by atoms with Crippen molar-refractivity contribution in [3.63, 3.8) is 0 Å². The highest BCUT2D eigenvalue weighted by Crippen LogP contribution is 2.23. The Kier molecular flexibility index (Phi) is 2.38. The molecule has 0 amide bonds. The quantitative estimate of drug-likeness (QED) is 0.649. The molecule has 0 N–H and O–H groups in total. The maximum Gasteiger partial charge on any atom is 0.333 e. The number of fused-ring (bicyclic) bond motifs is 1. The van der Waals surface area contributed by atoms with Gasteiger partial charge in [0.05, 0.1) is 0 Å². The van der Waals surface area contributed by atoms with Crippen LogP contribution in [0.25, 0.3) is 22.4 Å². The monoisotopic (exact) mass is 257 g/mol. The van der Waals surface area contributed by atoms with E-state index < -0.39 is 11.2 Å². The Morgan fingerprint density at radius 1 is 1.05 bits per heavy atom. The first kappa shape index (κ1) is 11.5. The predicted octanol–water partition coefficient (Wildman–Crippen LogP) is 0.892. The molecule has 0 atom stereocenters. The van der Waals surface area contributed by atoms with Crippen LogP contribution in [0.2, 0.25) is 0 Å². The minimum absolute atomic E-state index is 0.187. The van der Waals surface area contributed by atoms with E-state index in [1.165, 1.54) is 11.6 Å². The van der Waals surface area contributed by atoms with E-state index in [2.05, 4.69) is 5.16 Å². The van der Waals surface area contributed by atoms with Crippen LogP contribution >= 0.6 is 0 Å². The van der Waals surface area contributed by atoms with Gasteiger partial charge < -0.3 is 4.52 Å². The molecule has 2 heterocycles. The third kappa shape index (κ3) is 1.53. The van der Waals surface area contributed by atoms with Crippen LogP contribution in [-0.2, 0) is 14.1 Å². The molecule has 0 aliphatic rings. The van der Waals surface area contributed by atoms with Crippen LogP contribution in [0.4, 0.5) is 0 Å². The molecule has 1 aromatic carbocycles. The van der Waals surface area contributed by atoms with Gasteiger partial charge in [0.1, 0.15) is 11.1 Å². The summed E-state index contributed by atoms with van der Waals surface area (Å²) in [7, 11) is 2.98. The average Bonchev–Trinajstić information content (AvgIpc) is 2.88. The lowest BCUT2D eigenvalue weighted by Crippen LogP contribution is -2.36. The highest BCUT2D eigenvalue weighted by atomic mass is 16.5. The molecule has 3 aromatic rings. The summed E-state index contributed by atoms with van der Waals surface area (Å²) < 4.78 is 7.47. The van der Waals surface area contributed by atoms with Crippen molar-refractivity contribution in [2.75, 3.05) is 0 Å². The van der Waals surface area contributed by atoms with Crippen LogP contribution in [0.5, 0.6) is 0 Å². The molecule has 0 aliphatic carbocycles. The zero-order valence-corrected chi connectivity index (χ0v) is 10.5. The summed E-state index contributed by atoms with van der Waals surface area (Å²) in [4.78, 5) is 24.0. The first-order valence-electron chi connectivity index (χ1n) is 5.72. The fraction of sp³-hybridized carbons (Fsp3) is 0.154. The molecule has 6 nitrogen and oxygen atoms in total. The Hall–Kier alpha value is -2.63. The van der Waals surface area contributed by atoms with E-state index in [-0.39, 0.29) is 5.71 Å². The van der Waals surface area contributed by atoms with Gasteiger partial charge >= 0.3 is 5.69 Å². The standard InChI is InChI=1S/C13H11N3O3/c1-15-11(17)9-10(8-6-4-3-5-7-8)14-19-12(9)16(2)13(15)18/h3-7H,1-2H3. The van der Waals surface area contributed by atoms with Crippen LogP contribution in [-0.4, -0.2) is 14.3 Å². The summed E-state index contributed by atoms with van der Waals surface area (Å²) in [6.07, 6.45) is 0. The Bertz CT molecular complexity index is 872. The summed E-state index contributed by atoms with van der Waals surface area (Å²) in [5.41, 5.74) is 0.571. The zero-order chi connectivity index (χ0) is 13.6. The van der Waals surface area contributed by atoms with Gasteiger partial charge in [-0.3, -0.25) is 13.9 Å². The van der Waals surface area contributed by atoms with E-state index in [0.29, 0.717) is 11.1 Å². The third-order valence-electron chi connectivity index (χ3n) is 3.12. The van der Waals surface area contributed by atoms with E-state index in [9.17, 15) is 9.59 Å². The SMILES string of the molecule is Cn1c(=O)c2c(-c3ccccc3)noc2n(C)c1=O. The van der Waals surface area contributed by atoms with Gasteiger partial charge in [-0.05, 0) is 0 Å². The predicted molar refractivity (Wildman–Crippen MR) is 69.9 cm³/mol. The van der Waals surface area contributed by atoms with Gasteiger partial charge in [0.25, 0.3) is 5.56 Å². The Labute approximate surface area is 107 Å². The molecule has 3 rings (SSSR count). The van der Waals surface area contributed by atoms with Gasteiger partial charge in [0.2, 0.25) is 5.71 Å². The molecule has 0 aliphatic heterocycles. The first-order chi connectivity index (χ1) is 9.11. The van der Waals surface area contributed by atoms with Crippen LogP contribution < -0.4 is 11.2 Å².